The molecule has 1 unspecified atom stereocenters. The maximum absolute atomic E-state index is 11.7. The van der Waals surface area contributed by atoms with Crippen molar-refractivity contribution in [1.29, 1.82) is 0 Å². The Kier molecular flexibility index (Phi) is 7.28. The van der Waals surface area contributed by atoms with Gasteiger partial charge in [-0.05, 0) is 6.42 Å². The number of hydrogen-bond donors (Lipinski definition) is 2. The molecule has 7 nitrogen and oxygen atoms in total. The van der Waals surface area contributed by atoms with Crippen LogP contribution in [0.2, 0.25) is 0 Å². The van der Waals surface area contributed by atoms with Crippen molar-refractivity contribution in [3.05, 3.63) is 0 Å². The van der Waals surface area contributed by atoms with Gasteiger partial charge in [0, 0.05) is 13.6 Å². The van der Waals surface area contributed by atoms with Crippen molar-refractivity contribution in [2.45, 2.75) is 25.8 Å². The Morgan fingerprint density at radius 1 is 1.53 bits per heavy atom. The predicted molar refractivity (Wildman–Crippen MR) is 62.5 cm³/mol. The van der Waals surface area contributed by atoms with E-state index in [0.29, 0.717) is 6.54 Å². The molecule has 0 radical (unpaired) electrons. The minimum atomic E-state index is -3.78. The van der Waals surface area contributed by atoms with Gasteiger partial charge in [0.05, 0.1) is 13.7 Å². The van der Waals surface area contributed by atoms with Gasteiger partial charge in [0.1, 0.15) is 6.04 Å². The van der Waals surface area contributed by atoms with Crippen LogP contribution in [0.5, 0.6) is 0 Å². The van der Waals surface area contributed by atoms with E-state index in [2.05, 4.69) is 9.46 Å². The largest absolute Gasteiger partial charge is 0.468 e. The molecule has 0 aliphatic heterocycles. The second-order valence-corrected chi connectivity index (χ2v) is 5.37. The van der Waals surface area contributed by atoms with Gasteiger partial charge in [0.15, 0.2) is 0 Å². The predicted octanol–water partition coefficient (Wildman–Crippen LogP) is -0.913. The summed E-state index contributed by atoms with van der Waals surface area (Å²) >= 11 is 0. The topological polar surface area (TPSA) is 95.9 Å². The zero-order chi connectivity index (χ0) is 13.5. The van der Waals surface area contributed by atoms with Crippen molar-refractivity contribution >= 4 is 16.2 Å². The fraction of sp³-hybridized carbons (Fsp3) is 0.889. The van der Waals surface area contributed by atoms with Gasteiger partial charge in [0.25, 0.3) is 10.2 Å². The first kappa shape index (κ1) is 16.3. The maximum atomic E-state index is 11.7. The van der Waals surface area contributed by atoms with Gasteiger partial charge in [-0.25, -0.2) is 0 Å². The Labute approximate surface area is 102 Å². The molecule has 0 aromatic heterocycles. The van der Waals surface area contributed by atoms with E-state index < -0.39 is 28.8 Å². The lowest BCUT2D eigenvalue weighted by atomic mass is 10.3. The normalized spacial score (nSPS) is 13.7. The van der Waals surface area contributed by atoms with Crippen LogP contribution in [0.25, 0.3) is 0 Å². The van der Waals surface area contributed by atoms with Gasteiger partial charge in [-0.1, -0.05) is 13.3 Å². The van der Waals surface area contributed by atoms with E-state index in [0.717, 1.165) is 24.3 Å². The second kappa shape index (κ2) is 7.59. The lowest BCUT2D eigenvalue weighted by Gasteiger charge is -2.20. The first-order valence-corrected chi connectivity index (χ1v) is 6.75. The fourth-order valence-corrected chi connectivity index (χ4v) is 2.15. The van der Waals surface area contributed by atoms with Gasteiger partial charge in [-0.2, -0.15) is 17.4 Å². The van der Waals surface area contributed by atoms with E-state index in [1.54, 1.807) is 0 Å². The third-order valence-corrected chi connectivity index (χ3v) is 3.78. The van der Waals surface area contributed by atoms with Crippen LogP contribution in [0.1, 0.15) is 19.8 Å². The van der Waals surface area contributed by atoms with Crippen LogP contribution in [0, 0.1) is 0 Å². The average molecular weight is 268 g/mol. The summed E-state index contributed by atoms with van der Waals surface area (Å²) in [6.45, 7) is 1.65. The summed E-state index contributed by atoms with van der Waals surface area (Å²) in [5, 5.41) is 8.90. The van der Waals surface area contributed by atoms with Gasteiger partial charge >= 0.3 is 5.97 Å². The summed E-state index contributed by atoms with van der Waals surface area (Å²) in [7, 11) is -1.24. The summed E-state index contributed by atoms with van der Waals surface area (Å²) < 4.78 is 31.0. The molecule has 0 amide bonds. The standard InChI is InChI=1S/C9H20N2O5S/c1-4-5-6-11(2)17(14,15)10-8(7-12)9(13)16-3/h8,10,12H,4-7H2,1-3H3. The summed E-state index contributed by atoms with van der Waals surface area (Å²) in [5.41, 5.74) is 0. The van der Waals surface area contributed by atoms with Crippen molar-refractivity contribution in [2.75, 3.05) is 27.3 Å². The Hall–Kier alpha value is -0.700. The molecule has 102 valence electrons. The number of esters is 1. The molecule has 0 aromatic rings. The molecule has 0 heterocycles. The summed E-state index contributed by atoms with van der Waals surface area (Å²) in [6, 6.07) is -1.27. The van der Waals surface area contributed by atoms with Gasteiger partial charge in [0.2, 0.25) is 0 Å². The molecule has 0 aliphatic carbocycles. The Morgan fingerprint density at radius 3 is 2.53 bits per heavy atom. The van der Waals surface area contributed by atoms with Gasteiger partial charge < -0.3 is 9.84 Å². The molecule has 0 aromatic carbocycles. The van der Waals surface area contributed by atoms with Crippen LogP contribution in [0.4, 0.5) is 0 Å². The van der Waals surface area contributed by atoms with Crippen molar-refractivity contribution in [3.8, 4) is 0 Å². The lowest BCUT2D eigenvalue weighted by Crippen LogP contribution is -2.49. The number of aliphatic hydroxyl groups is 1. The molecule has 0 rings (SSSR count). The number of aliphatic hydroxyl groups excluding tert-OH is 1. The summed E-state index contributed by atoms with van der Waals surface area (Å²) in [5.74, 6) is -0.819. The second-order valence-electron chi connectivity index (χ2n) is 3.56. The lowest BCUT2D eigenvalue weighted by molar-refractivity contribution is -0.143. The van der Waals surface area contributed by atoms with Crippen molar-refractivity contribution in [2.24, 2.45) is 0 Å². The van der Waals surface area contributed by atoms with Crippen LogP contribution in [0.3, 0.4) is 0 Å². The maximum Gasteiger partial charge on any atom is 0.326 e. The third kappa shape index (κ3) is 5.44. The molecule has 0 aliphatic rings. The van der Waals surface area contributed by atoms with Crippen molar-refractivity contribution in [3.63, 3.8) is 0 Å². The highest BCUT2D eigenvalue weighted by Gasteiger charge is 2.26. The SMILES string of the molecule is CCCCN(C)S(=O)(=O)NC(CO)C(=O)OC. The smallest absolute Gasteiger partial charge is 0.326 e. The van der Waals surface area contributed by atoms with Crippen LogP contribution in [0.15, 0.2) is 0 Å². The number of rotatable bonds is 8. The molecule has 0 bridgehead atoms. The zero-order valence-electron chi connectivity index (χ0n) is 10.3. The Balaban J connectivity index is 4.55. The van der Waals surface area contributed by atoms with E-state index in [1.807, 2.05) is 6.92 Å². The van der Waals surface area contributed by atoms with Crippen LogP contribution < -0.4 is 4.72 Å². The molecule has 17 heavy (non-hydrogen) atoms. The third-order valence-electron chi connectivity index (χ3n) is 2.20. The van der Waals surface area contributed by atoms with E-state index in [1.165, 1.54) is 7.05 Å². The number of hydrogen-bond acceptors (Lipinski definition) is 5. The van der Waals surface area contributed by atoms with Gasteiger partial charge in [-0.15, -0.1) is 0 Å². The van der Waals surface area contributed by atoms with E-state index >= 15 is 0 Å². The highest BCUT2D eigenvalue weighted by atomic mass is 32.2. The zero-order valence-corrected chi connectivity index (χ0v) is 11.2. The quantitative estimate of drug-likeness (QED) is 0.555. The number of carbonyl (C=O) groups excluding carboxylic acids is 1. The summed E-state index contributed by atoms with van der Waals surface area (Å²) in [4.78, 5) is 11.1. The molecule has 0 spiro atoms. The first-order chi connectivity index (χ1) is 7.88. The van der Waals surface area contributed by atoms with E-state index in [9.17, 15) is 13.2 Å². The highest BCUT2D eigenvalue weighted by molar-refractivity contribution is 7.87. The van der Waals surface area contributed by atoms with Crippen LogP contribution in [-0.2, 0) is 19.7 Å². The van der Waals surface area contributed by atoms with Crippen molar-refractivity contribution in [1.82, 2.24) is 9.03 Å². The average Bonchev–Trinajstić information content (AvgIpc) is 2.31. The molecule has 8 heteroatoms. The molecule has 2 N–H and O–H groups in total. The molecule has 0 saturated heterocycles. The fourth-order valence-electron chi connectivity index (χ4n) is 1.07. The minimum absolute atomic E-state index is 0.352. The highest BCUT2D eigenvalue weighted by Crippen LogP contribution is 2.00. The number of methoxy groups -OCH3 is 1. The first-order valence-electron chi connectivity index (χ1n) is 5.31. The monoisotopic (exact) mass is 268 g/mol. The summed E-state index contributed by atoms with van der Waals surface area (Å²) in [6.07, 6.45) is 1.58. The van der Waals surface area contributed by atoms with E-state index in [4.69, 9.17) is 5.11 Å². The Morgan fingerprint density at radius 2 is 2.12 bits per heavy atom. The number of nitrogens with zero attached hydrogens (tertiary/aromatic N) is 1. The molecule has 0 saturated carbocycles. The number of unbranched alkanes of at least 4 members (excludes halogenated alkanes) is 1. The van der Waals surface area contributed by atoms with E-state index in [-0.39, 0.29) is 0 Å². The number of carbonyl (C=O) groups is 1. The van der Waals surface area contributed by atoms with Crippen LogP contribution >= 0.6 is 0 Å². The molecular formula is C9H20N2O5S. The van der Waals surface area contributed by atoms with Crippen LogP contribution in [-0.4, -0.2) is 57.1 Å². The molecular weight excluding hydrogens is 248 g/mol. The molecule has 0 fully saturated rings. The molecule has 1 atom stereocenters. The Bertz CT molecular complexity index is 330. The number of nitrogens with one attached hydrogen (secondary N) is 1. The van der Waals surface area contributed by atoms with Gasteiger partial charge in [-0.3, -0.25) is 4.79 Å². The number of ether oxygens (including phenoxy) is 1. The minimum Gasteiger partial charge on any atom is -0.468 e. The van der Waals surface area contributed by atoms with Crippen molar-refractivity contribution < 1.29 is 23.1 Å².